The molecule has 0 unspecified atom stereocenters. The van der Waals surface area contributed by atoms with Crippen molar-refractivity contribution in [3.05, 3.63) is 34.6 Å². The van der Waals surface area contributed by atoms with Crippen molar-refractivity contribution in [1.29, 1.82) is 0 Å². The number of nitrogens with zero attached hydrogens (tertiary/aromatic N) is 1. The van der Waals surface area contributed by atoms with Crippen LogP contribution in [0.25, 0.3) is 0 Å². The molecule has 2 N–H and O–H groups in total. The fourth-order valence-electron chi connectivity index (χ4n) is 5.34. The Kier molecular flexibility index (Phi) is 8.20. The molecule has 0 radical (unpaired) electrons. The van der Waals surface area contributed by atoms with E-state index in [0.717, 1.165) is 18.4 Å². The second kappa shape index (κ2) is 10.4. The Morgan fingerprint density at radius 1 is 1.04 bits per heavy atom. The van der Waals surface area contributed by atoms with E-state index >= 15 is 0 Å². The number of hydrogen-bond donors (Lipinski definition) is 1. The van der Waals surface area contributed by atoms with E-state index in [1.54, 1.807) is 12.1 Å². The van der Waals surface area contributed by atoms with E-state index in [0.29, 0.717) is 35.1 Å². The van der Waals surface area contributed by atoms with Crippen molar-refractivity contribution < 1.29 is 4.39 Å². The molecule has 2 fully saturated rings. The zero-order chi connectivity index (χ0) is 20.1. The first kappa shape index (κ1) is 22.1. The molecule has 2 aliphatic carbocycles. The molecule has 1 aromatic carbocycles. The van der Waals surface area contributed by atoms with E-state index in [4.69, 9.17) is 17.3 Å². The molecular weight excluding hydrogens is 371 g/mol. The Bertz CT molecular complexity index is 584. The predicted octanol–water partition coefficient (Wildman–Crippen LogP) is 6.40. The van der Waals surface area contributed by atoms with Crippen LogP contribution in [0.4, 0.5) is 4.39 Å². The summed E-state index contributed by atoms with van der Waals surface area (Å²) in [4.78, 5) is 2.49. The van der Waals surface area contributed by atoms with Crippen LogP contribution in [0.15, 0.2) is 18.2 Å². The molecule has 0 aliphatic heterocycles. The van der Waals surface area contributed by atoms with Crippen LogP contribution in [-0.2, 0) is 6.54 Å². The maximum atomic E-state index is 14.3. The van der Waals surface area contributed by atoms with E-state index in [-0.39, 0.29) is 5.82 Å². The lowest BCUT2D eigenvalue weighted by atomic mass is 9.75. The van der Waals surface area contributed by atoms with Crippen LogP contribution in [0.2, 0.25) is 5.02 Å². The van der Waals surface area contributed by atoms with E-state index in [1.807, 2.05) is 0 Å². The quantitative estimate of drug-likeness (QED) is 0.565. The van der Waals surface area contributed by atoms with Crippen molar-refractivity contribution in [3.8, 4) is 0 Å². The third kappa shape index (κ3) is 6.18. The average Bonchev–Trinajstić information content (AvgIpc) is 2.66. The largest absolute Gasteiger partial charge is 0.328 e. The second-order valence-electron chi connectivity index (χ2n) is 9.71. The van der Waals surface area contributed by atoms with Gasteiger partial charge in [-0.3, -0.25) is 4.90 Å². The maximum absolute atomic E-state index is 14.3. The fourth-order valence-corrected chi connectivity index (χ4v) is 5.56. The molecule has 0 aromatic heterocycles. The summed E-state index contributed by atoms with van der Waals surface area (Å²) in [7, 11) is 0. The molecule has 0 heterocycles. The SMILES string of the molecule is CC(C)CN(Cc1c(F)cccc1Cl)C1CCC(CC2CCC(N)CC2)CC1. The van der Waals surface area contributed by atoms with Gasteiger partial charge in [-0.1, -0.05) is 31.5 Å². The van der Waals surface area contributed by atoms with E-state index < -0.39 is 0 Å². The summed E-state index contributed by atoms with van der Waals surface area (Å²) < 4.78 is 14.3. The Hall–Kier alpha value is -0.640. The van der Waals surface area contributed by atoms with Gasteiger partial charge in [0.2, 0.25) is 0 Å². The normalized spacial score (nSPS) is 28.8. The first-order valence-electron chi connectivity index (χ1n) is 11.3. The van der Waals surface area contributed by atoms with Crippen LogP contribution >= 0.6 is 11.6 Å². The molecule has 0 saturated heterocycles. The Morgan fingerprint density at radius 2 is 1.64 bits per heavy atom. The smallest absolute Gasteiger partial charge is 0.129 e. The van der Waals surface area contributed by atoms with Crippen LogP contribution in [0, 0.1) is 23.6 Å². The summed E-state index contributed by atoms with van der Waals surface area (Å²) in [6.07, 6.45) is 11.6. The standard InChI is InChI=1S/C24H38ClFN2/c1-17(2)15-28(16-22-23(25)4-3-5-24(22)26)21-12-8-19(9-13-21)14-18-6-10-20(27)11-7-18/h3-5,17-21H,6-16,27H2,1-2H3. The van der Waals surface area contributed by atoms with Crippen molar-refractivity contribution in [2.45, 2.75) is 90.3 Å². The van der Waals surface area contributed by atoms with Gasteiger partial charge in [0.15, 0.2) is 0 Å². The first-order chi connectivity index (χ1) is 13.4. The molecule has 0 amide bonds. The van der Waals surface area contributed by atoms with Crippen LogP contribution in [0.1, 0.15) is 77.2 Å². The third-order valence-corrected chi connectivity index (χ3v) is 7.27. The van der Waals surface area contributed by atoms with Crippen LogP contribution in [0.3, 0.4) is 0 Å². The number of halogens is 2. The molecule has 2 saturated carbocycles. The lowest BCUT2D eigenvalue weighted by Gasteiger charge is -2.39. The summed E-state index contributed by atoms with van der Waals surface area (Å²) in [5, 5.41) is 0.554. The molecule has 0 bridgehead atoms. The minimum absolute atomic E-state index is 0.176. The number of nitrogens with two attached hydrogens (primary N) is 1. The molecule has 2 aliphatic rings. The molecule has 28 heavy (non-hydrogen) atoms. The van der Waals surface area contributed by atoms with Crippen molar-refractivity contribution in [2.75, 3.05) is 6.54 Å². The zero-order valence-electron chi connectivity index (χ0n) is 17.7. The van der Waals surface area contributed by atoms with Gasteiger partial charge in [-0.25, -0.2) is 4.39 Å². The van der Waals surface area contributed by atoms with E-state index in [9.17, 15) is 4.39 Å². The molecule has 1 aromatic rings. The van der Waals surface area contributed by atoms with E-state index in [1.165, 1.54) is 63.9 Å². The lowest BCUT2D eigenvalue weighted by Crippen LogP contribution is -2.40. The van der Waals surface area contributed by atoms with Gasteiger partial charge in [-0.15, -0.1) is 0 Å². The van der Waals surface area contributed by atoms with E-state index in [2.05, 4.69) is 18.7 Å². The molecule has 4 heteroatoms. The third-order valence-electron chi connectivity index (χ3n) is 6.91. The van der Waals surface area contributed by atoms with Gasteiger partial charge in [0.1, 0.15) is 5.82 Å². The first-order valence-corrected chi connectivity index (χ1v) is 11.7. The maximum Gasteiger partial charge on any atom is 0.129 e. The molecule has 3 rings (SSSR count). The lowest BCUT2D eigenvalue weighted by molar-refractivity contribution is 0.105. The topological polar surface area (TPSA) is 29.3 Å². The highest BCUT2D eigenvalue weighted by atomic mass is 35.5. The average molecular weight is 409 g/mol. The number of rotatable bonds is 7. The molecule has 158 valence electrons. The van der Waals surface area contributed by atoms with Crippen molar-refractivity contribution in [1.82, 2.24) is 4.90 Å². The summed E-state index contributed by atoms with van der Waals surface area (Å²) in [5.41, 5.74) is 6.72. The van der Waals surface area contributed by atoms with Gasteiger partial charge in [0.05, 0.1) is 0 Å². The molecular formula is C24H38ClFN2. The van der Waals surface area contributed by atoms with Crippen molar-refractivity contribution >= 4 is 11.6 Å². The Labute approximate surface area is 176 Å². The van der Waals surface area contributed by atoms with Gasteiger partial charge in [-0.05, 0) is 87.7 Å². The minimum Gasteiger partial charge on any atom is -0.328 e. The Morgan fingerprint density at radius 3 is 2.21 bits per heavy atom. The van der Waals surface area contributed by atoms with Crippen LogP contribution in [0.5, 0.6) is 0 Å². The van der Waals surface area contributed by atoms with Gasteiger partial charge >= 0.3 is 0 Å². The Balaban J connectivity index is 1.55. The number of hydrogen-bond acceptors (Lipinski definition) is 2. The minimum atomic E-state index is -0.176. The highest BCUT2D eigenvalue weighted by Crippen LogP contribution is 2.37. The summed E-state index contributed by atoms with van der Waals surface area (Å²) in [6, 6.07) is 6.02. The van der Waals surface area contributed by atoms with Crippen LogP contribution < -0.4 is 5.73 Å². The fraction of sp³-hybridized carbons (Fsp3) is 0.750. The highest BCUT2D eigenvalue weighted by Gasteiger charge is 2.29. The van der Waals surface area contributed by atoms with Crippen LogP contribution in [-0.4, -0.2) is 23.5 Å². The van der Waals surface area contributed by atoms with Crippen molar-refractivity contribution in [3.63, 3.8) is 0 Å². The summed E-state index contributed by atoms with van der Waals surface area (Å²) in [5.74, 6) is 2.15. The van der Waals surface area contributed by atoms with Gasteiger partial charge < -0.3 is 5.73 Å². The number of benzene rings is 1. The van der Waals surface area contributed by atoms with Gasteiger partial charge in [-0.2, -0.15) is 0 Å². The molecule has 0 atom stereocenters. The predicted molar refractivity (Wildman–Crippen MR) is 117 cm³/mol. The second-order valence-corrected chi connectivity index (χ2v) is 10.1. The summed E-state index contributed by atoms with van der Waals surface area (Å²) in [6.45, 7) is 6.12. The zero-order valence-corrected chi connectivity index (χ0v) is 18.4. The summed E-state index contributed by atoms with van der Waals surface area (Å²) >= 11 is 6.32. The van der Waals surface area contributed by atoms with Gasteiger partial charge in [0, 0.05) is 35.8 Å². The molecule has 0 spiro atoms. The molecule has 2 nitrogen and oxygen atoms in total. The monoisotopic (exact) mass is 408 g/mol. The van der Waals surface area contributed by atoms with Gasteiger partial charge in [0.25, 0.3) is 0 Å². The van der Waals surface area contributed by atoms with Crippen molar-refractivity contribution in [2.24, 2.45) is 23.5 Å². The highest BCUT2D eigenvalue weighted by molar-refractivity contribution is 6.31.